The molecule has 1 N–H and O–H groups in total. The third kappa shape index (κ3) is 4.27. The van der Waals surface area contributed by atoms with E-state index in [2.05, 4.69) is 10.2 Å². The second-order valence-corrected chi connectivity index (χ2v) is 8.54. The van der Waals surface area contributed by atoms with Crippen molar-refractivity contribution in [2.24, 2.45) is 5.92 Å². The van der Waals surface area contributed by atoms with Gasteiger partial charge in [0.2, 0.25) is 11.8 Å². The van der Waals surface area contributed by atoms with Gasteiger partial charge in [0.05, 0.1) is 12.3 Å². The van der Waals surface area contributed by atoms with Crippen LogP contribution in [-0.2, 0) is 9.59 Å². The van der Waals surface area contributed by atoms with Gasteiger partial charge < -0.3 is 14.6 Å². The monoisotopic (exact) mass is 387 g/mol. The van der Waals surface area contributed by atoms with Crippen LogP contribution in [0.5, 0.6) is 0 Å². The Kier molecular flexibility index (Phi) is 6.35. The lowest BCUT2D eigenvalue weighted by molar-refractivity contribution is -0.142. The van der Waals surface area contributed by atoms with Gasteiger partial charge in [-0.05, 0) is 63.7 Å². The second-order valence-electron chi connectivity index (χ2n) is 8.54. The maximum absolute atomic E-state index is 13.0. The predicted octanol–water partition coefficient (Wildman–Crippen LogP) is 3.10. The normalized spacial score (nSPS) is 25.1. The van der Waals surface area contributed by atoms with E-state index in [1.807, 2.05) is 17.0 Å². The van der Waals surface area contributed by atoms with Gasteiger partial charge in [0, 0.05) is 19.0 Å². The van der Waals surface area contributed by atoms with Crippen molar-refractivity contribution < 1.29 is 14.0 Å². The number of hydrogen-bond donors (Lipinski definition) is 1. The van der Waals surface area contributed by atoms with Crippen molar-refractivity contribution in [1.29, 1.82) is 0 Å². The van der Waals surface area contributed by atoms with E-state index in [1.165, 1.54) is 19.3 Å². The topological polar surface area (TPSA) is 65.8 Å². The van der Waals surface area contributed by atoms with Gasteiger partial charge in [-0.2, -0.15) is 0 Å². The first kappa shape index (κ1) is 19.5. The molecule has 2 atom stereocenters. The van der Waals surface area contributed by atoms with Gasteiger partial charge in [0.15, 0.2) is 0 Å². The van der Waals surface area contributed by atoms with E-state index in [0.717, 1.165) is 63.9 Å². The van der Waals surface area contributed by atoms with Crippen LogP contribution in [0.3, 0.4) is 0 Å². The number of furan rings is 1. The van der Waals surface area contributed by atoms with Gasteiger partial charge in [-0.1, -0.05) is 19.3 Å². The number of amides is 2. The molecule has 2 saturated heterocycles. The predicted molar refractivity (Wildman–Crippen MR) is 107 cm³/mol. The molecule has 3 aliphatic rings. The lowest BCUT2D eigenvalue weighted by Gasteiger charge is -2.31. The summed E-state index contributed by atoms with van der Waals surface area (Å²) in [6.45, 7) is 3.34. The van der Waals surface area contributed by atoms with Crippen molar-refractivity contribution in [2.75, 3.05) is 26.2 Å². The molecule has 1 saturated carbocycles. The van der Waals surface area contributed by atoms with Crippen molar-refractivity contribution in [3.05, 3.63) is 24.2 Å². The van der Waals surface area contributed by atoms with Crippen LogP contribution in [0.2, 0.25) is 0 Å². The summed E-state index contributed by atoms with van der Waals surface area (Å²) in [5, 5.41) is 3.14. The smallest absolute Gasteiger partial charge is 0.242 e. The van der Waals surface area contributed by atoms with Gasteiger partial charge in [-0.25, -0.2) is 0 Å². The summed E-state index contributed by atoms with van der Waals surface area (Å²) < 4.78 is 5.65. The fourth-order valence-electron chi connectivity index (χ4n) is 5.15. The minimum atomic E-state index is -0.301. The Morgan fingerprint density at radius 3 is 2.54 bits per heavy atom. The first-order chi connectivity index (χ1) is 13.7. The van der Waals surface area contributed by atoms with Crippen LogP contribution >= 0.6 is 0 Å². The molecule has 2 aliphatic heterocycles. The molecule has 0 aromatic carbocycles. The first-order valence-corrected chi connectivity index (χ1v) is 11.1. The number of nitrogens with zero attached hydrogens (tertiary/aromatic N) is 2. The molecule has 0 radical (unpaired) electrons. The minimum absolute atomic E-state index is 0.00240. The van der Waals surface area contributed by atoms with E-state index in [-0.39, 0.29) is 29.8 Å². The number of likely N-dealkylation sites (tertiary alicyclic amines) is 2. The zero-order valence-corrected chi connectivity index (χ0v) is 16.8. The maximum atomic E-state index is 13.0. The van der Waals surface area contributed by atoms with E-state index >= 15 is 0 Å². The third-order valence-electron chi connectivity index (χ3n) is 6.72. The largest absolute Gasteiger partial charge is 0.468 e. The Morgan fingerprint density at radius 2 is 1.82 bits per heavy atom. The Balaban J connectivity index is 1.37. The number of rotatable bonds is 6. The average Bonchev–Trinajstić information content (AvgIpc) is 3.50. The van der Waals surface area contributed by atoms with Crippen LogP contribution in [0.15, 0.2) is 22.8 Å². The van der Waals surface area contributed by atoms with E-state index in [9.17, 15) is 9.59 Å². The quantitative estimate of drug-likeness (QED) is 0.815. The maximum Gasteiger partial charge on any atom is 0.242 e. The zero-order valence-electron chi connectivity index (χ0n) is 16.8. The van der Waals surface area contributed by atoms with Crippen LogP contribution < -0.4 is 5.32 Å². The molecule has 0 unspecified atom stereocenters. The number of hydrogen-bond acceptors (Lipinski definition) is 4. The standard InChI is InChI=1S/C22H33N3O3/c26-21(18-10-6-14-25(18)22(27)17-8-2-1-3-9-17)23-16-19(20-11-7-15-28-20)24-12-4-5-13-24/h7,11,15,17-19H,1-6,8-10,12-14,16H2,(H,23,26)/t18-,19-/m0/s1. The van der Waals surface area contributed by atoms with E-state index in [0.29, 0.717) is 6.54 Å². The number of nitrogens with one attached hydrogen (secondary N) is 1. The van der Waals surface area contributed by atoms with Crippen molar-refractivity contribution >= 4 is 11.8 Å². The van der Waals surface area contributed by atoms with Crippen LogP contribution in [0.1, 0.15) is 69.6 Å². The molecule has 154 valence electrons. The summed E-state index contributed by atoms with van der Waals surface area (Å²) in [6, 6.07) is 3.67. The van der Waals surface area contributed by atoms with E-state index in [4.69, 9.17) is 4.42 Å². The first-order valence-electron chi connectivity index (χ1n) is 11.1. The highest BCUT2D eigenvalue weighted by Crippen LogP contribution is 2.29. The molecule has 2 amide bonds. The molecule has 1 aromatic rings. The fraction of sp³-hybridized carbons (Fsp3) is 0.727. The van der Waals surface area contributed by atoms with Crippen LogP contribution in [0, 0.1) is 5.92 Å². The van der Waals surface area contributed by atoms with Crippen LogP contribution in [0.4, 0.5) is 0 Å². The van der Waals surface area contributed by atoms with Crippen LogP contribution in [-0.4, -0.2) is 53.8 Å². The summed E-state index contributed by atoms with van der Waals surface area (Å²) in [5.74, 6) is 1.24. The molecule has 28 heavy (non-hydrogen) atoms. The Morgan fingerprint density at radius 1 is 1.04 bits per heavy atom. The highest BCUT2D eigenvalue weighted by Gasteiger charge is 2.37. The summed E-state index contributed by atoms with van der Waals surface area (Å²) >= 11 is 0. The van der Waals surface area contributed by atoms with Crippen molar-refractivity contribution in [3.8, 4) is 0 Å². The van der Waals surface area contributed by atoms with Gasteiger partial charge in [-0.3, -0.25) is 14.5 Å². The Hall–Kier alpha value is -1.82. The molecule has 3 fully saturated rings. The zero-order chi connectivity index (χ0) is 19.3. The van der Waals surface area contributed by atoms with Crippen LogP contribution in [0.25, 0.3) is 0 Å². The highest BCUT2D eigenvalue weighted by molar-refractivity contribution is 5.89. The summed E-state index contributed by atoms with van der Waals surface area (Å²) in [7, 11) is 0. The minimum Gasteiger partial charge on any atom is -0.468 e. The van der Waals surface area contributed by atoms with Gasteiger partial charge in [0.1, 0.15) is 11.8 Å². The summed E-state index contributed by atoms with van der Waals surface area (Å²) in [5.41, 5.74) is 0. The van der Waals surface area contributed by atoms with E-state index in [1.54, 1.807) is 6.26 Å². The van der Waals surface area contributed by atoms with E-state index < -0.39 is 0 Å². The SMILES string of the molecule is O=C(NC[C@@H](c1ccco1)N1CCCC1)[C@@H]1CCCN1C(=O)C1CCCCC1. The molecule has 3 heterocycles. The fourth-order valence-corrected chi connectivity index (χ4v) is 5.15. The molecule has 0 spiro atoms. The van der Waals surface area contributed by atoms with Crippen molar-refractivity contribution in [1.82, 2.24) is 15.1 Å². The molecule has 6 heteroatoms. The molecule has 1 aliphatic carbocycles. The van der Waals surface area contributed by atoms with Crippen molar-refractivity contribution in [2.45, 2.75) is 69.9 Å². The molecular weight excluding hydrogens is 354 g/mol. The second kappa shape index (κ2) is 9.12. The molecule has 0 bridgehead atoms. The molecule has 4 rings (SSSR count). The average molecular weight is 388 g/mol. The Labute approximate surface area is 167 Å². The lowest BCUT2D eigenvalue weighted by atomic mass is 9.88. The lowest BCUT2D eigenvalue weighted by Crippen LogP contribution is -2.49. The van der Waals surface area contributed by atoms with Gasteiger partial charge in [0.25, 0.3) is 0 Å². The summed E-state index contributed by atoms with van der Waals surface area (Å²) in [6.07, 6.45) is 11.3. The third-order valence-corrected chi connectivity index (χ3v) is 6.72. The number of carbonyl (C=O) groups excluding carboxylic acids is 2. The Bertz CT molecular complexity index is 648. The molecule has 6 nitrogen and oxygen atoms in total. The summed E-state index contributed by atoms with van der Waals surface area (Å²) in [4.78, 5) is 30.2. The molecular formula is C22H33N3O3. The number of carbonyl (C=O) groups is 2. The molecule has 1 aromatic heterocycles. The highest BCUT2D eigenvalue weighted by atomic mass is 16.3. The van der Waals surface area contributed by atoms with Gasteiger partial charge >= 0.3 is 0 Å². The van der Waals surface area contributed by atoms with Crippen molar-refractivity contribution in [3.63, 3.8) is 0 Å². The van der Waals surface area contributed by atoms with Gasteiger partial charge in [-0.15, -0.1) is 0 Å².